The monoisotopic (exact) mass is 325 g/mol. The average Bonchev–Trinajstić information content (AvgIpc) is 2.69. The molecule has 2 heterocycles. The van der Waals surface area contributed by atoms with Crippen LogP contribution in [0, 0.1) is 0 Å². The summed E-state index contributed by atoms with van der Waals surface area (Å²) < 4.78 is 5.49. The summed E-state index contributed by atoms with van der Waals surface area (Å²) in [5.74, 6) is 0. The van der Waals surface area contributed by atoms with Gasteiger partial charge in [0.05, 0.1) is 0 Å². The maximum absolute atomic E-state index is 12.3. The van der Waals surface area contributed by atoms with Crippen LogP contribution in [0.3, 0.4) is 0 Å². The van der Waals surface area contributed by atoms with Gasteiger partial charge in [0.1, 0.15) is 5.60 Å². The fourth-order valence-corrected chi connectivity index (χ4v) is 3.28. The van der Waals surface area contributed by atoms with E-state index in [1.807, 2.05) is 37.1 Å². The molecule has 0 spiro atoms. The van der Waals surface area contributed by atoms with E-state index < -0.39 is 5.60 Å². The lowest BCUT2D eigenvalue weighted by Gasteiger charge is -2.28. The van der Waals surface area contributed by atoms with Gasteiger partial charge < -0.3 is 20.7 Å². The van der Waals surface area contributed by atoms with Crippen LogP contribution in [-0.4, -0.2) is 35.7 Å². The van der Waals surface area contributed by atoms with Gasteiger partial charge in [-0.1, -0.05) is 6.42 Å². The van der Waals surface area contributed by atoms with Gasteiger partial charge in [-0.2, -0.15) is 0 Å². The van der Waals surface area contributed by atoms with Crippen molar-refractivity contribution in [1.29, 1.82) is 0 Å². The van der Waals surface area contributed by atoms with Crippen molar-refractivity contribution in [1.82, 2.24) is 10.2 Å². The van der Waals surface area contributed by atoms with Gasteiger partial charge in [-0.25, -0.2) is 4.79 Å². The second-order valence-electron chi connectivity index (χ2n) is 6.80. The number of ether oxygens (including phenoxy) is 1. The molecule has 124 valence electrons. The van der Waals surface area contributed by atoms with Gasteiger partial charge in [-0.3, -0.25) is 0 Å². The van der Waals surface area contributed by atoms with Crippen molar-refractivity contribution in [2.24, 2.45) is 0 Å². The number of anilines is 1. The van der Waals surface area contributed by atoms with E-state index in [0.29, 0.717) is 6.54 Å². The number of nitrogens with two attached hydrogens (primary N) is 1. The summed E-state index contributed by atoms with van der Waals surface area (Å²) >= 11 is 1.67. The molecule has 1 atom stereocenters. The van der Waals surface area contributed by atoms with Crippen LogP contribution >= 0.6 is 11.3 Å². The zero-order valence-corrected chi connectivity index (χ0v) is 14.5. The van der Waals surface area contributed by atoms with E-state index in [1.54, 1.807) is 11.3 Å². The summed E-state index contributed by atoms with van der Waals surface area (Å²) in [7, 11) is 0. The number of carbonyl (C=O) groups excluding carboxylic acids is 1. The van der Waals surface area contributed by atoms with E-state index in [4.69, 9.17) is 10.5 Å². The number of nitrogen functional groups attached to an aromatic ring is 1. The van der Waals surface area contributed by atoms with Crippen molar-refractivity contribution in [2.75, 3.05) is 18.8 Å². The summed E-state index contributed by atoms with van der Waals surface area (Å²) in [6, 6.07) is 2.22. The molecule has 2 rings (SSSR count). The predicted octanol–water partition coefficient (Wildman–Crippen LogP) is 3.21. The second kappa shape index (κ2) is 7.33. The molecule has 0 bridgehead atoms. The van der Waals surface area contributed by atoms with E-state index in [9.17, 15) is 4.79 Å². The molecule has 3 N–H and O–H groups in total. The van der Waals surface area contributed by atoms with E-state index in [0.717, 1.165) is 42.9 Å². The second-order valence-corrected chi connectivity index (χ2v) is 7.80. The molecule has 1 amide bonds. The lowest BCUT2D eigenvalue weighted by Crippen LogP contribution is -2.44. The Labute approximate surface area is 136 Å². The fraction of sp³-hybridized carbons (Fsp3) is 0.688. The normalized spacial score (nSPS) is 19.8. The maximum atomic E-state index is 12.3. The summed E-state index contributed by atoms with van der Waals surface area (Å²) in [5, 5.41) is 5.54. The quantitative estimate of drug-likeness (QED) is 0.895. The van der Waals surface area contributed by atoms with Crippen molar-refractivity contribution in [3.63, 3.8) is 0 Å². The van der Waals surface area contributed by atoms with Crippen molar-refractivity contribution in [3.8, 4) is 0 Å². The van der Waals surface area contributed by atoms with Gasteiger partial charge >= 0.3 is 6.09 Å². The number of nitrogens with zero attached hydrogens (tertiary/aromatic N) is 1. The van der Waals surface area contributed by atoms with Crippen LogP contribution in [0.1, 0.15) is 44.9 Å². The van der Waals surface area contributed by atoms with Crippen molar-refractivity contribution < 1.29 is 9.53 Å². The minimum atomic E-state index is -0.447. The molecule has 0 aromatic carbocycles. The van der Waals surface area contributed by atoms with Crippen molar-refractivity contribution in [3.05, 3.63) is 16.3 Å². The third-order valence-electron chi connectivity index (χ3n) is 3.65. The predicted molar refractivity (Wildman–Crippen MR) is 91.0 cm³/mol. The minimum Gasteiger partial charge on any atom is -0.444 e. The Morgan fingerprint density at radius 1 is 1.50 bits per heavy atom. The molecule has 1 aliphatic heterocycles. The Morgan fingerprint density at radius 3 is 2.91 bits per heavy atom. The van der Waals surface area contributed by atoms with Gasteiger partial charge in [0.15, 0.2) is 0 Å². The molecule has 1 aliphatic rings. The van der Waals surface area contributed by atoms with Crippen LogP contribution < -0.4 is 11.1 Å². The highest BCUT2D eigenvalue weighted by atomic mass is 32.1. The number of carbonyl (C=O) groups is 1. The van der Waals surface area contributed by atoms with Crippen LogP contribution in [0.15, 0.2) is 11.4 Å². The molecule has 5 nitrogen and oxygen atoms in total. The number of nitrogens with one attached hydrogen (secondary N) is 1. The third kappa shape index (κ3) is 5.18. The van der Waals surface area contributed by atoms with Crippen LogP contribution in [0.4, 0.5) is 10.5 Å². The number of rotatable bonds is 3. The van der Waals surface area contributed by atoms with Crippen LogP contribution in [0.5, 0.6) is 0 Å². The molecule has 0 radical (unpaired) electrons. The zero-order valence-electron chi connectivity index (χ0n) is 13.7. The average molecular weight is 325 g/mol. The topological polar surface area (TPSA) is 67.6 Å². The van der Waals surface area contributed by atoms with E-state index in [2.05, 4.69) is 5.32 Å². The number of likely N-dealkylation sites (tertiary alicyclic amines) is 1. The molecule has 1 aromatic rings. The number of hydrogen-bond acceptors (Lipinski definition) is 5. The Bertz CT molecular complexity index is 496. The van der Waals surface area contributed by atoms with Crippen LogP contribution in [0.2, 0.25) is 0 Å². The molecule has 1 fully saturated rings. The maximum Gasteiger partial charge on any atom is 0.410 e. The van der Waals surface area contributed by atoms with Crippen molar-refractivity contribution in [2.45, 2.75) is 58.2 Å². The van der Waals surface area contributed by atoms with Crippen molar-refractivity contribution >= 4 is 23.1 Å². The third-order valence-corrected chi connectivity index (χ3v) is 4.59. The molecule has 6 heteroatoms. The molecular formula is C16H27N3O2S. The highest BCUT2D eigenvalue weighted by Crippen LogP contribution is 2.20. The molecule has 22 heavy (non-hydrogen) atoms. The fourth-order valence-electron chi connectivity index (χ4n) is 2.53. The zero-order chi connectivity index (χ0) is 16.2. The van der Waals surface area contributed by atoms with Gasteiger partial charge in [0, 0.05) is 36.2 Å². The molecule has 1 aromatic heterocycles. The lowest BCUT2D eigenvalue weighted by molar-refractivity contribution is 0.0243. The Kier molecular flexibility index (Phi) is 5.69. The first kappa shape index (κ1) is 17.1. The van der Waals surface area contributed by atoms with E-state index in [1.165, 1.54) is 0 Å². The van der Waals surface area contributed by atoms with E-state index >= 15 is 0 Å². The van der Waals surface area contributed by atoms with E-state index in [-0.39, 0.29) is 12.1 Å². The Hall–Kier alpha value is -1.27. The first-order valence-electron chi connectivity index (χ1n) is 7.88. The van der Waals surface area contributed by atoms with Gasteiger partial charge in [-0.15, -0.1) is 11.3 Å². The largest absolute Gasteiger partial charge is 0.444 e. The molecular weight excluding hydrogens is 298 g/mol. The molecule has 1 unspecified atom stereocenters. The number of hydrogen-bond donors (Lipinski definition) is 2. The first-order chi connectivity index (χ1) is 10.3. The summed E-state index contributed by atoms with van der Waals surface area (Å²) in [5.41, 5.74) is 6.31. The van der Waals surface area contributed by atoms with Gasteiger partial charge in [-0.05, 0) is 45.1 Å². The highest BCUT2D eigenvalue weighted by molar-refractivity contribution is 7.10. The first-order valence-corrected chi connectivity index (χ1v) is 8.76. The molecule has 1 saturated heterocycles. The standard InChI is InChI=1S/C16H27N3O2S/c1-16(2,3)21-15(20)19-8-5-4-6-12(11-19)18-10-14-13(17)7-9-22-14/h7,9,12,18H,4-6,8,10-11,17H2,1-3H3. The van der Waals surface area contributed by atoms with Gasteiger partial charge in [0.25, 0.3) is 0 Å². The summed E-state index contributed by atoms with van der Waals surface area (Å²) in [6.45, 7) is 7.93. The highest BCUT2D eigenvalue weighted by Gasteiger charge is 2.26. The number of amides is 1. The molecule has 0 aliphatic carbocycles. The Morgan fingerprint density at radius 2 is 2.27 bits per heavy atom. The SMILES string of the molecule is CC(C)(C)OC(=O)N1CCCCC(NCc2sccc2N)C1. The smallest absolute Gasteiger partial charge is 0.410 e. The van der Waals surface area contributed by atoms with Crippen LogP contribution in [-0.2, 0) is 11.3 Å². The lowest BCUT2D eigenvalue weighted by atomic mass is 10.1. The number of thiophene rings is 1. The summed E-state index contributed by atoms with van der Waals surface area (Å²) in [6.07, 6.45) is 3.01. The summed E-state index contributed by atoms with van der Waals surface area (Å²) in [4.78, 5) is 15.2. The van der Waals surface area contributed by atoms with Crippen LogP contribution in [0.25, 0.3) is 0 Å². The van der Waals surface area contributed by atoms with Gasteiger partial charge in [0.2, 0.25) is 0 Å². The molecule has 0 saturated carbocycles. The minimum absolute atomic E-state index is 0.211. The Balaban J connectivity index is 1.89.